The summed E-state index contributed by atoms with van der Waals surface area (Å²) in [5.74, 6) is 1.40. The molecule has 0 unspecified atom stereocenters. The maximum Gasteiger partial charge on any atom is 0.227 e. The van der Waals surface area contributed by atoms with Crippen molar-refractivity contribution >= 4 is 65.9 Å². The van der Waals surface area contributed by atoms with Crippen molar-refractivity contribution in [1.82, 2.24) is 4.98 Å². The third-order valence-electron chi connectivity index (χ3n) is 7.32. The summed E-state index contributed by atoms with van der Waals surface area (Å²) < 4.78 is 24.7. The minimum atomic E-state index is 0.577. The Bertz CT molecular complexity index is 2130. The van der Waals surface area contributed by atoms with Crippen molar-refractivity contribution in [3.8, 4) is 22.8 Å². The van der Waals surface area contributed by atoms with E-state index in [0.717, 1.165) is 82.8 Å². The fourth-order valence-corrected chi connectivity index (χ4v) is 5.45. The van der Waals surface area contributed by atoms with Gasteiger partial charge in [0, 0.05) is 38.1 Å². The Morgan fingerprint density at radius 1 is 0.421 bits per heavy atom. The van der Waals surface area contributed by atoms with Gasteiger partial charge in [-0.05, 0) is 66.7 Å². The third-order valence-corrected chi connectivity index (χ3v) is 7.32. The summed E-state index contributed by atoms with van der Waals surface area (Å²) in [6.45, 7) is 0. The van der Waals surface area contributed by atoms with E-state index in [1.165, 1.54) is 0 Å². The second-order valence-electron chi connectivity index (χ2n) is 9.61. The van der Waals surface area contributed by atoms with E-state index in [0.29, 0.717) is 5.89 Å². The van der Waals surface area contributed by atoms with Gasteiger partial charge in [-0.1, -0.05) is 36.4 Å². The molecule has 4 aromatic heterocycles. The van der Waals surface area contributed by atoms with Crippen LogP contribution in [0.25, 0.3) is 88.7 Å². The molecule has 5 aromatic carbocycles. The van der Waals surface area contributed by atoms with Crippen molar-refractivity contribution in [2.75, 3.05) is 0 Å². The fourth-order valence-electron chi connectivity index (χ4n) is 5.45. The van der Waals surface area contributed by atoms with Crippen LogP contribution >= 0.6 is 0 Å². The number of aromatic nitrogens is 1. The van der Waals surface area contributed by atoms with Gasteiger partial charge in [-0.15, -0.1) is 0 Å². The van der Waals surface area contributed by atoms with Crippen molar-refractivity contribution in [2.24, 2.45) is 0 Å². The third kappa shape index (κ3) is 2.78. The maximum atomic E-state index is 6.33. The van der Waals surface area contributed by atoms with Gasteiger partial charge in [-0.2, -0.15) is 0 Å². The summed E-state index contributed by atoms with van der Waals surface area (Å²) in [7, 11) is 0. The van der Waals surface area contributed by atoms with Gasteiger partial charge < -0.3 is 17.7 Å². The van der Waals surface area contributed by atoms with Crippen molar-refractivity contribution in [2.45, 2.75) is 0 Å². The first-order valence-corrected chi connectivity index (χ1v) is 12.4. The zero-order chi connectivity index (χ0) is 24.8. The quantitative estimate of drug-likeness (QED) is 0.241. The van der Waals surface area contributed by atoms with Crippen LogP contribution in [-0.4, -0.2) is 4.98 Å². The van der Waals surface area contributed by atoms with Gasteiger partial charge in [-0.3, -0.25) is 0 Å². The number of hydrogen-bond acceptors (Lipinski definition) is 5. The Morgan fingerprint density at radius 2 is 1.05 bits per heavy atom. The highest BCUT2D eigenvalue weighted by Crippen LogP contribution is 2.39. The molecule has 0 fully saturated rings. The lowest BCUT2D eigenvalue weighted by Crippen LogP contribution is -1.76. The molecule has 0 aliphatic rings. The second-order valence-corrected chi connectivity index (χ2v) is 9.61. The van der Waals surface area contributed by atoms with Gasteiger partial charge in [0.2, 0.25) is 5.89 Å². The zero-order valence-corrected chi connectivity index (χ0v) is 19.9. The number of rotatable bonds is 2. The SMILES string of the molecule is c1ccc2oc(-c3ccc4c(c3)oc3cc5c(cc34)oc3cc(-c4nc6ccccc6o4)ccc35)cc2c1. The van der Waals surface area contributed by atoms with Crippen molar-refractivity contribution < 1.29 is 17.7 Å². The van der Waals surface area contributed by atoms with Crippen molar-refractivity contribution in [1.29, 1.82) is 0 Å². The average molecular weight is 492 g/mol. The summed E-state index contributed by atoms with van der Waals surface area (Å²) in [4.78, 5) is 4.63. The minimum Gasteiger partial charge on any atom is -0.456 e. The van der Waals surface area contributed by atoms with E-state index in [4.69, 9.17) is 17.7 Å². The van der Waals surface area contributed by atoms with Crippen LogP contribution < -0.4 is 0 Å². The van der Waals surface area contributed by atoms with Gasteiger partial charge in [-0.25, -0.2) is 4.98 Å². The molecule has 0 spiro atoms. The van der Waals surface area contributed by atoms with Crippen LogP contribution in [0.1, 0.15) is 0 Å². The lowest BCUT2D eigenvalue weighted by Gasteiger charge is -1.96. The highest BCUT2D eigenvalue weighted by atomic mass is 16.4. The zero-order valence-electron chi connectivity index (χ0n) is 19.9. The van der Waals surface area contributed by atoms with E-state index < -0.39 is 0 Å². The van der Waals surface area contributed by atoms with E-state index in [9.17, 15) is 0 Å². The van der Waals surface area contributed by atoms with Crippen LogP contribution in [0.3, 0.4) is 0 Å². The molecule has 0 saturated heterocycles. The molecular formula is C33H17NO4. The van der Waals surface area contributed by atoms with Crippen LogP contribution in [0.2, 0.25) is 0 Å². The average Bonchev–Trinajstić information content (AvgIpc) is 3.72. The van der Waals surface area contributed by atoms with E-state index in [1.54, 1.807) is 0 Å². The largest absolute Gasteiger partial charge is 0.456 e. The topological polar surface area (TPSA) is 65.5 Å². The van der Waals surface area contributed by atoms with Crippen molar-refractivity contribution in [3.05, 3.63) is 103 Å². The van der Waals surface area contributed by atoms with Gasteiger partial charge in [0.1, 0.15) is 39.2 Å². The molecule has 0 radical (unpaired) electrons. The maximum absolute atomic E-state index is 6.33. The first-order valence-electron chi connectivity index (χ1n) is 12.4. The van der Waals surface area contributed by atoms with Crippen molar-refractivity contribution in [3.63, 3.8) is 0 Å². The standard InChI is InChI=1S/C33H17NO4/c1-3-7-26-18(5-1)13-28(35-26)19-9-11-21-23-16-32-24(17-31(23)36-29(21)14-19)22-12-10-20(15-30(22)37-32)33-34-25-6-2-4-8-27(25)38-33/h1-17H. The number of benzene rings is 5. The number of furan rings is 3. The smallest absolute Gasteiger partial charge is 0.227 e. The first kappa shape index (κ1) is 19.8. The molecule has 9 rings (SSSR count). The molecule has 5 heteroatoms. The molecule has 0 atom stereocenters. The van der Waals surface area contributed by atoms with Crippen LogP contribution in [0, 0.1) is 0 Å². The molecule has 0 N–H and O–H groups in total. The summed E-state index contributed by atoms with van der Waals surface area (Å²) >= 11 is 0. The van der Waals surface area contributed by atoms with Gasteiger partial charge in [0.15, 0.2) is 5.58 Å². The summed E-state index contributed by atoms with van der Waals surface area (Å²) in [5.41, 5.74) is 7.56. The van der Waals surface area contributed by atoms with Crippen LogP contribution in [0.4, 0.5) is 0 Å². The Morgan fingerprint density at radius 3 is 1.79 bits per heavy atom. The molecule has 178 valence electrons. The van der Waals surface area contributed by atoms with E-state index >= 15 is 0 Å². The van der Waals surface area contributed by atoms with Crippen LogP contribution in [0.5, 0.6) is 0 Å². The van der Waals surface area contributed by atoms with E-state index in [1.807, 2.05) is 60.7 Å². The molecule has 5 nitrogen and oxygen atoms in total. The lowest BCUT2D eigenvalue weighted by atomic mass is 10.1. The summed E-state index contributed by atoms with van der Waals surface area (Å²) in [6.07, 6.45) is 0. The molecule has 0 amide bonds. The van der Waals surface area contributed by atoms with Crippen LogP contribution in [-0.2, 0) is 0 Å². The Hall–Kier alpha value is -5.29. The number of hydrogen-bond donors (Lipinski definition) is 0. The fraction of sp³-hybridized carbons (Fsp3) is 0. The molecule has 0 aliphatic heterocycles. The second kappa shape index (κ2) is 7.14. The number of para-hydroxylation sites is 3. The predicted molar refractivity (Wildman–Crippen MR) is 149 cm³/mol. The Kier molecular flexibility index (Phi) is 3.73. The Balaban J connectivity index is 1.18. The molecule has 9 aromatic rings. The summed E-state index contributed by atoms with van der Waals surface area (Å²) in [5, 5.41) is 5.16. The summed E-state index contributed by atoms with van der Waals surface area (Å²) in [6, 6.07) is 34.2. The molecule has 4 heterocycles. The van der Waals surface area contributed by atoms with Gasteiger partial charge >= 0.3 is 0 Å². The van der Waals surface area contributed by atoms with E-state index in [-0.39, 0.29) is 0 Å². The molecule has 0 aliphatic carbocycles. The number of oxazole rings is 1. The minimum absolute atomic E-state index is 0.577. The van der Waals surface area contributed by atoms with E-state index in [2.05, 4.69) is 47.4 Å². The highest BCUT2D eigenvalue weighted by molar-refractivity contribution is 6.15. The Labute approximate surface area is 214 Å². The predicted octanol–water partition coefficient (Wildman–Crippen LogP) is 9.71. The van der Waals surface area contributed by atoms with Gasteiger partial charge in [0.05, 0.1) is 0 Å². The number of fused-ring (bicyclic) bond motifs is 8. The number of nitrogens with zero attached hydrogens (tertiary/aromatic N) is 1. The molecule has 0 bridgehead atoms. The molecule has 38 heavy (non-hydrogen) atoms. The van der Waals surface area contributed by atoms with Crippen LogP contribution in [0.15, 0.2) is 121 Å². The normalized spacial score (nSPS) is 12.2. The monoisotopic (exact) mass is 491 g/mol. The first-order chi connectivity index (χ1) is 18.8. The highest BCUT2D eigenvalue weighted by Gasteiger charge is 2.16. The van der Waals surface area contributed by atoms with Gasteiger partial charge in [0.25, 0.3) is 0 Å². The lowest BCUT2D eigenvalue weighted by molar-refractivity contribution is 0.619. The molecular weight excluding hydrogens is 474 g/mol. The molecule has 0 saturated carbocycles.